The van der Waals surface area contributed by atoms with Crippen LogP contribution in [0.4, 0.5) is 4.79 Å². The molecule has 0 saturated heterocycles. The Morgan fingerprint density at radius 1 is 0.913 bits per heavy atom. The zero-order valence-electron chi connectivity index (χ0n) is 14.0. The highest BCUT2D eigenvalue weighted by Crippen LogP contribution is 2.33. The van der Waals surface area contributed by atoms with Crippen LogP contribution < -0.4 is 9.47 Å². The SMILES string of the molecule is CCOc1ccc(C(C)(C)c2ccc(OC(=O)OC)cc2)cc1. The molecule has 0 saturated carbocycles. The predicted octanol–water partition coefficient (Wildman–Crippen LogP) is 4.56. The van der Waals surface area contributed by atoms with Gasteiger partial charge in [-0.15, -0.1) is 0 Å². The van der Waals surface area contributed by atoms with Crippen LogP contribution in [0.2, 0.25) is 0 Å². The number of ether oxygens (including phenoxy) is 3. The van der Waals surface area contributed by atoms with Crippen LogP contribution in [0.5, 0.6) is 11.5 Å². The first-order chi connectivity index (χ1) is 11.0. The van der Waals surface area contributed by atoms with Crippen LogP contribution in [-0.4, -0.2) is 19.9 Å². The summed E-state index contributed by atoms with van der Waals surface area (Å²) in [5.74, 6) is 1.33. The Kier molecular flexibility index (Phi) is 5.27. The van der Waals surface area contributed by atoms with Crippen molar-refractivity contribution in [3.8, 4) is 11.5 Å². The van der Waals surface area contributed by atoms with Crippen molar-refractivity contribution in [1.82, 2.24) is 0 Å². The van der Waals surface area contributed by atoms with Gasteiger partial charge in [0, 0.05) is 5.41 Å². The molecular formula is C19H22O4. The highest BCUT2D eigenvalue weighted by atomic mass is 16.7. The van der Waals surface area contributed by atoms with Crippen molar-refractivity contribution < 1.29 is 19.0 Å². The van der Waals surface area contributed by atoms with Gasteiger partial charge in [0.15, 0.2) is 0 Å². The standard InChI is InChI=1S/C19H22O4/c1-5-22-16-10-6-14(7-11-16)19(2,3)15-8-12-17(13-9-15)23-18(20)21-4/h6-13H,5H2,1-4H3. The monoisotopic (exact) mass is 314 g/mol. The molecule has 0 aromatic heterocycles. The van der Waals surface area contributed by atoms with E-state index >= 15 is 0 Å². The van der Waals surface area contributed by atoms with E-state index in [2.05, 4.69) is 30.7 Å². The van der Waals surface area contributed by atoms with Crippen LogP contribution in [0, 0.1) is 0 Å². The van der Waals surface area contributed by atoms with Gasteiger partial charge >= 0.3 is 6.16 Å². The Morgan fingerprint density at radius 2 is 1.39 bits per heavy atom. The van der Waals surface area contributed by atoms with Crippen LogP contribution in [0.1, 0.15) is 31.9 Å². The summed E-state index contributed by atoms with van der Waals surface area (Å²) in [5, 5.41) is 0. The van der Waals surface area contributed by atoms with Crippen LogP contribution >= 0.6 is 0 Å². The number of methoxy groups -OCH3 is 1. The molecule has 0 unspecified atom stereocenters. The van der Waals surface area contributed by atoms with Gasteiger partial charge < -0.3 is 14.2 Å². The van der Waals surface area contributed by atoms with Crippen LogP contribution in [-0.2, 0) is 10.2 Å². The van der Waals surface area contributed by atoms with E-state index in [1.807, 2.05) is 31.2 Å². The Labute approximate surface area is 137 Å². The van der Waals surface area contributed by atoms with Crippen molar-refractivity contribution in [2.24, 2.45) is 0 Å². The molecule has 0 amide bonds. The molecule has 0 spiro atoms. The van der Waals surface area contributed by atoms with E-state index in [9.17, 15) is 4.79 Å². The first-order valence-electron chi connectivity index (χ1n) is 7.57. The van der Waals surface area contributed by atoms with Gasteiger partial charge in [0.1, 0.15) is 11.5 Å². The highest BCUT2D eigenvalue weighted by molar-refractivity contribution is 5.63. The van der Waals surface area contributed by atoms with Crippen molar-refractivity contribution in [3.63, 3.8) is 0 Å². The molecule has 2 aromatic carbocycles. The number of benzene rings is 2. The molecule has 0 radical (unpaired) electrons. The van der Waals surface area contributed by atoms with Crippen LogP contribution in [0.3, 0.4) is 0 Å². The summed E-state index contributed by atoms with van der Waals surface area (Å²) >= 11 is 0. The zero-order valence-corrected chi connectivity index (χ0v) is 14.0. The highest BCUT2D eigenvalue weighted by Gasteiger charge is 2.23. The molecule has 0 aliphatic rings. The second kappa shape index (κ2) is 7.18. The van der Waals surface area contributed by atoms with Crippen molar-refractivity contribution in [3.05, 3.63) is 59.7 Å². The topological polar surface area (TPSA) is 44.8 Å². The zero-order chi connectivity index (χ0) is 16.9. The van der Waals surface area contributed by atoms with Gasteiger partial charge in [-0.2, -0.15) is 0 Å². The lowest BCUT2D eigenvalue weighted by molar-refractivity contribution is 0.121. The quantitative estimate of drug-likeness (QED) is 0.599. The third-order valence-corrected chi connectivity index (χ3v) is 3.83. The fourth-order valence-electron chi connectivity index (χ4n) is 2.38. The smallest absolute Gasteiger partial charge is 0.494 e. The van der Waals surface area contributed by atoms with Gasteiger partial charge in [0.2, 0.25) is 0 Å². The van der Waals surface area contributed by atoms with E-state index in [4.69, 9.17) is 9.47 Å². The molecule has 4 heteroatoms. The third kappa shape index (κ3) is 4.03. The largest absolute Gasteiger partial charge is 0.513 e. The molecular weight excluding hydrogens is 292 g/mol. The van der Waals surface area contributed by atoms with Gasteiger partial charge in [-0.1, -0.05) is 38.1 Å². The molecule has 23 heavy (non-hydrogen) atoms. The Balaban J connectivity index is 2.19. The van der Waals surface area contributed by atoms with E-state index in [1.54, 1.807) is 12.1 Å². The summed E-state index contributed by atoms with van der Waals surface area (Å²) in [5.41, 5.74) is 2.13. The second-order valence-electron chi connectivity index (χ2n) is 5.66. The maximum Gasteiger partial charge on any atom is 0.513 e. The molecule has 0 aliphatic heterocycles. The number of carbonyl (C=O) groups is 1. The summed E-state index contributed by atoms with van der Waals surface area (Å²) in [6, 6.07) is 15.5. The van der Waals surface area contributed by atoms with Crippen molar-refractivity contribution in [1.29, 1.82) is 0 Å². The van der Waals surface area contributed by atoms with Gasteiger partial charge in [-0.3, -0.25) is 0 Å². The summed E-state index contributed by atoms with van der Waals surface area (Å²) in [6.45, 7) is 6.93. The van der Waals surface area contributed by atoms with Crippen molar-refractivity contribution in [2.45, 2.75) is 26.2 Å². The molecule has 0 N–H and O–H groups in total. The molecule has 0 aliphatic carbocycles. The summed E-state index contributed by atoms with van der Waals surface area (Å²) < 4.78 is 15.0. The van der Waals surface area contributed by atoms with E-state index in [0.29, 0.717) is 12.4 Å². The predicted molar refractivity (Wildman–Crippen MR) is 89.2 cm³/mol. The molecule has 0 heterocycles. The van der Waals surface area contributed by atoms with Gasteiger partial charge in [0.25, 0.3) is 0 Å². The first kappa shape index (κ1) is 16.9. The van der Waals surface area contributed by atoms with Crippen LogP contribution in [0.15, 0.2) is 48.5 Å². The van der Waals surface area contributed by atoms with E-state index in [-0.39, 0.29) is 5.41 Å². The molecule has 4 nitrogen and oxygen atoms in total. The van der Waals surface area contributed by atoms with Gasteiger partial charge in [0.05, 0.1) is 13.7 Å². The van der Waals surface area contributed by atoms with E-state index in [1.165, 1.54) is 12.7 Å². The first-order valence-corrected chi connectivity index (χ1v) is 7.57. The Morgan fingerprint density at radius 3 is 1.83 bits per heavy atom. The maximum absolute atomic E-state index is 11.1. The Hall–Kier alpha value is -2.49. The lowest BCUT2D eigenvalue weighted by Crippen LogP contribution is -2.18. The molecule has 0 bridgehead atoms. The molecule has 0 atom stereocenters. The minimum atomic E-state index is -0.719. The summed E-state index contributed by atoms with van der Waals surface area (Å²) in [7, 11) is 1.28. The number of hydrogen-bond acceptors (Lipinski definition) is 4. The van der Waals surface area contributed by atoms with Crippen molar-refractivity contribution in [2.75, 3.05) is 13.7 Å². The van der Waals surface area contributed by atoms with E-state index < -0.39 is 6.16 Å². The number of carbonyl (C=O) groups excluding carboxylic acids is 1. The molecule has 2 aromatic rings. The fourth-order valence-corrected chi connectivity index (χ4v) is 2.38. The third-order valence-electron chi connectivity index (χ3n) is 3.83. The molecule has 2 rings (SSSR count). The second-order valence-corrected chi connectivity index (χ2v) is 5.66. The fraction of sp³-hybridized carbons (Fsp3) is 0.316. The molecule has 0 fully saturated rings. The minimum absolute atomic E-state index is 0.172. The maximum atomic E-state index is 11.1. The average Bonchev–Trinajstić information content (AvgIpc) is 2.56. The average molecular weight is 314 g/mol. The van der Waals surface area contributed by atoms with E-state index in [0.717, 1.165) is 11.3 Å². The normalized spacial score (nSPS) is 11.0. The van der Waals surface area contributed by atoms with Crippen LogP contribution in [0.25, 0.3) is 0 Å². The lowest BCUT2D eigenvalue weighted by atomic mass is 9.78. The lowest BCUT2D eigenvalue weighted by Gasteiger charge is -2.26. The Bertz CT molecular complexity index is 642. The minimum Gasteiger partial charge on any atom is -0.494 e. The summed E-state index contributed by atoms with van der Waals surface area (Å²) in [6.07, 6.45) is -0.719. The number of hydrogen-bond donors (Lipinski definition) is 0. The van der Waals surface area contributed by atoms with Gasteiger partial charge in [-0.05, 0) is 42.3 Å². The van der Waals surface area contributed by atoms with Gasteiger partial charge in [-0.25, -0.2) is 4.79 Å². The number of rotatable bonds is 5. The molecule has 122 valence electrons. The van der Waals surface area contributed by atoms with Crippen molar-refractivity contribution >= 4 is 6.16 Å². The summed E-state index contributed by atoms with van der Waals surface area (Å²) in [4.78, 5) is 11.1.